The van der Waals surface area contributed by atoms with Crippen LogP contribution in [0.15, 0.2) is 27.7 Å². The van der Waals surface area contributed by atoms with Gasteiger partial charge in [0.25, 0.3) is 5.91 Å². The second-order valence-electron chi connectivity index (χ2n) is 6.11. The number of nitrogens with one attached hydrogen (secondary N) is 1. The van der Waals surface area contributed by atoms with Crippen molar-refractivity contribution in [2.45, 2.75) is 26.7 Å². The molecule has 0 saturated heterocycles. The van der Waals surface area contributed by atoms with Gasteiger partial charge in [0.15, 0.2) is 11.5 Å². The van der Waals surface area contributed by atoms with E-state index in [0.29, 0.717) is 40.0 Å². The number of rotatable bonds is 9. The summed E-state index contributed by atoms with van der Waals surface area (Å²) in [6.45, 7) is 3.44. The fourth-order valence-electron chi connectivity index (χ4n) is 2.72. The van der Waals surface area contributed by atoms with Crippen LogP contribution in [-0.4, -0.2) is 38.9 Å². The van der Waals surface area contributed by atoms with Crippen LogP contribution in [0.3, 0.4) is 0 Å². The molecule has 1 amide bonds. The first-order valence-electron chi connectivity index (χ1n) is 8.74. The van der Waals surface area contributed by atoms with Crippen molar-refractivity contribution in [3.05, 3.63) is 40.8 Å². The standard InChI is InChI=1S/C20H24N2O7/c1-11(15-10-14(29-12(15)2)6-7-18(23)24)21-22-20(25)13-8-16(26-3)19(28-5)17(9-13)27-4/h8-10H,6-7H2,1-5H3,(H,22,25)(H,23,24)/p-1/b21-11-. The lowest BCUT2D eigenvalue weighted by molar-refractivity contribution is -0.305. The van der Waals surface area contributed by atoms with Crippen molar-refractivity contribution in [2.75, 3.05) is 21.3 Å². The number of furan rings is 1. The van der Waals surface area contributed by atoms with Gasteiger partial charge < -0.3 is 28.5 Å². The molecule has 1 N–H and O–H groups in total. The highest BCUT2D eigenvalue weighted by molar-refractivity contribution is 6.01. The van der Waals surface area contributed by atoms with Crippen LogP contribution in [-0.2, 0) is 11.2 Å². The first-order valence-corrected chi connectivity index (χ1v) is 8.74. The third kappa shape index (κ3) is 5.28. The molecular formula is C20H23N2O7-. The van der Waals surface area contributed by atoms with Crippen molar-refractivity contribution in [3.8, 4) is 17.2 Å². The summed E-state index contributed by atoms with van der Waals surface area (Å²) in [6.07, 6.45) is 0.0781. The summed E-state index contributed by atoms with van der Waals surface area (Å²) in [5.41, 5.74) is 3.92. The van der Waals surface area contributed by atoms with Gasteiger partial charge in [-0.25, -0.2) is 5.43 Å². The maximum atomic E-state index is 12.5. The van der Waals surface area contributed by atoms with Gasteiger partial charge in [-0.15, -0.1) is 0 Å². The minimum absolute atomic E-state index is 0.138. The maximum Gasteiger partial charge on any atom is 0.271 e. The molecule has 1 heterocycles. The molecule has 1 aromatic carbocycles. The van der Waals surface area contributed by atoms with E-state index in [9.17, 15) is 14.7 Å². The van der Waals surface area contributed by atoms with Crippen LogP contribution in [0.5, 0.6) is 17.2 Å². The number of ether oxygens (including phenoxy) is 3. The van der Waals surface area contributed by atoms with Crippen LogP contribution >= 0.6 is 0 Å². The largest absolute Gasteiger partial charge is 0.550 e. The van der Waals surface area contributed by atoms with Gasteiger partial charge in [0.1, 0.15) is 11.5 Å². The van der Waals surface area contributed by atoms with E-state index in [4.69, 9.17) is 18.6 Å². The number of hydrogen-bond donors (Lipinski definition) is 1. The summed E-state index contributed by atoms with van der Waals surface area (Å²) in [5, 5.41) is 14.7. The summed E-state index contributed by atoms with van der Waals surface area (Å²) in [4.78, 5) is 23.1. The fraction of sp³-hybridized carbons (Fsp3) is 0.350. The van der Waals surface area contributed by atoms with E-state index in [0.717, 1.165) is 0 Å². The van der Waals surface area contributed by atoms with E-state index in [1.807, 2.05) is 0 Å². The van der Waals surface area contributed by atoms with Crippen molar-refractivity contribution in [3.63, 3.8) is 0 Å². The number of methoxy groups -OCH3 is 3. The zero-order valence-corrected chi connectivity index (χ0v) is 17.0. The zero-order chi connectivity index (χ0) is 21.6. The van der Waals surface area contributed by atoms with Crippen LogP contribution in [0.25, 0.3) is 0 Å². The number of hydrogen-bond acceptors (Lipinski definition) is 8. The average Bonchev–Trinajstić information content (AvgIpc) is 3.09. The molecule has 0 saturated carbocycles. The number of carbonyl (C=O) groups excluding carboxylic acids is 2. The molecule has 0 atom stereocenters. The SMILES string of the molecule is COc1cc(C(=O)N/N=C(/C)c2cc(CCC(=O)[O-])oc2C)cc(OC)c1OC. The van der Waals surface area contributed by atoms with Crippen LogP contribution < -0.4 is 24.7 Å². The second-order valence-corrected chi connectivity index (χ2v) is 6.11. The van der Waals surface area contributed by atoms with Gasteiger partial charge in [-0.1, -0.05) is 0 Å². The Balaban J connectivity index is 2.19. The van der Waals surface area contributed by atoms with Gasteiger partial charge >= 0.3 is 0 Å². The fourth-order valence-corrected chi connectivity index (χ4v) is 2.72. The Kier molecular flexibility index (Phi) is 7.24. The van der Waals surface area contributed by atoms with Crippen LogP contribution in [0.1, 0.15) is 40.8 Å². The number of hydrazone groups is 1. The zero-order valence-electron chi connectivity index (χ0n) is 17.0. The minimum atomic E-state index is -1.15. The summed E-state index contributed by atoms with van der Waals surface area (Å²) in [6, 6.07) is 4.73. The molecule has 0 unspecified atom stereocenters. The van der Waals surface area contributed by atoms with Crippen molar-refractivity contribution < 1.29 is 33.3 Å². The normalized spacial score (nSPS) is 11.1. The molecule has 0 aliphatic rings. The quantitative estimate of drug-likeness (QED) is 0.497. The monoisotopic (exact) mass is 403 g/mol. The van der Waals surface area contributed by atoms with Gasteiger partial charge in [0, 0.05) is 23.5 Å². The molecule has 2 aromatic rings. The third-order valence-corrected chi connectivity index (χ3v) is 4.19. The number of nitrogens with zero attached hydrogens (tertiary/aromatic N) is 1. The average molecular weight is 403 g/mol. The Labute approximate surface area is 168 Å². The van der Waals surface area contributed by atoms with E-state index in [1.54, 1.807) is 19.9 Å². The predicted octanol–water partition coefficient (Wildman–Crippen LogP) is 1.45. The molecule has 0 bridgehead atoms. The highest BCUT2D eigenvalue weighted by Gasteiger charge is 2.17. The molecule has 2 rings (SSSR count). The molecule has 9 nitrogen and oxygen atoms in total. The molecule has 0 radical (unpaired) electrons. The number of carboxylic acid groups (broad SMARTS) is 1. The number of carboxylic acids is 1. The Bertz CT molecular complexity index is 906. The second kappa shape index (κ2) is 9.63. The Morgan fingerprint density at radius 1 is 1.10 bits per heavy atom. The number of aliphatic carboxylic acids is 1. The minimum Gasteiger partial charge on any atom is -0.550 e. The topological polar surface area (TPSA) is 122 Å². The van der Waals surface area contributed by atoms with Crippen molar-refractivity contribution in [2.24, 2.45) is 5.10 Å². The summed E-state index contributed by atoms with van der Waals surface area (Å²) in [5.74, 6) is 0.533. The Morgan fingerprint density at radius 2 is 1.72 bits per heavy atom. The molecule has 0 spiro atoms. The van der Waals surface area contributed by atoms with E-state index >= 15 is 0 Å². The van der Waals surface area contributed by atoms with Crippen LogP contribution in [0.2, 0.25) is 0 Å². The highest BCUT2D eigenvalue weighted by atomic mass is 16.5. The molecule has 1 aromatic heterocycles. The van der Waals surface area contributed by atoms with E-state index in [2.05, 4.69) is 10.5 Å². The summed E-state index contributed by atoms with van der Waals surface area (Å²) < 4.78 is 21.3. The van der Waals surface area contributed by atoms with Gasteiger partial charge in [0.05, 0.1) is 27.0 Å². The smallest absolute Gasteiger partial charge is 0.271 e. The lowest BCUT2D eigenvalue weighted by Crippen LogP contribution is -2.22. The number of aryl methyl sites for hydroxylation is 2. The predicted molar refractivity (Wildman–Crippen MR) is 103 cm³/mol. The molecule has 29 heavy (non-hydrogen) atoms. The number of benzene rings is 1. The third-order valence-electron chi connectivity index (χ3n) is 4.19. The molecule has 9 heteroatoms. The van der Waals surface area contributed by atoms with Gasteiger partial charge in [-0.3, -0.25) is 4.79 Å². The van der Waals surface area contributed by atoms with Gasteiger partial charge in [-0.2, -0.15) is 5.10 Å². The first kappa shape index (κ1) is 21.8. The molecular weight excluding hydrogens is 380 g/mol. The van der Waals surface area contributed by atoms with E-state index in [-0.39, 0.29) is 18.4 Å². The Morgan fingerprint density at radius 3 is 2.24 bits per heavy atom. The van der Waals surface area contributed by atoms with Crippen LogP contribution in [0.4, 0.5) is 0 Å². The molecule has 0 fully saturated rings. The molecule has 156 valence electrons. The van der Waals surface area contributed by atoms with Crippen molar-refractivity contribution in [1.82, 2.24) is 5.43 Å². The molecule has 0 aliphatic carbocycles. The van der Waals surface area contributed by atoms with Crippen molar-refractivity contribution in [1.29, 1.82) is 0 Å². The lowest BCUT2D eigenvalue weighted by atomic mass is 10.1. The lowest BCUT2D eigenvalue weighted by Gasteiger charge is -2.13. The first-order chi connectivity index (χ1) is 13.8. The Hall–Kier alpha value is -3.49. The maximum absolute atomic E-state index is 12.5. The number of carbonyl (C=O) groups is 2. The highest BCUT2D eigenvalue weighted by Crippen LogP contribution is 2.38. The van der Waals surface area contributed by atoms with Gasteiger partial charge in [-0.05, 0) is 38.5 Å². The van der Waals surface area contributed by atoms with Crippen LogP contribution in [0, 0.1) is 6.92 Å². The molecule has 0 aliphatic heterocycles. The van der Waals surface area contributed by atoms with Crippen molar-refractivity contribution >= 4 is 17.6 Å². The summed E-state index contributed by atoms with van der Waals surface area (Å²) in [7, 11) is 4.39. The van der Waals surface area contributed by atoms with E-state index < -0.39 is 11.9 Å². The number of amides is 1. The van der Waals surface area contributed by atoms with E-state index in [1.165, 1.54) is 33.5 Å². The van der Waals surface area contributed by atoms with Gasteiger partial charge in [0.2, 0.25) is 5.75 Å². The summed E-state index contributed by atoms with van der Waals surface area (Å²) >= 11 is 0.